The van der Waals surface area contributed by atoms with Gasteiger partial charge in [0.1, 0.15) is 0 Å². The lowest BCUT2D eigenvalue weighted by molar-refractivity contribution is 0.0706. The molecular weight excluding hydrogens is 436 g/mol. The smallest absolute Gasteiger partial charge is 0.374 e. The van der Waals surface area contributed by atoms with Crippen molar-refractivity contribution >= 4 is 19.2 Å². The van der Waals surface area contributed by atoms with Crippen molar-refractivity contribution in [1.82, 2.24) is 0 Å². The van der Waals surface area contributed by atoms with Crippen molar-refractivity contribution in [3.05, 3.63) is 0 Å². The third kappa shape index (κ3) is 27.9. The first-order valence-corrected chi connectivity index (χ1v) is 15.7. The van der Waals surface area contributed by atoms with Crippen LogP contribution in [0.4, 0.5) is 0 Å². The lowest BCUT2D eigenvalue weighted by Gasteiger charge is -2.28. The van der Waals surface area contributed by atoms with E-state index in [0.717, 1.165) is 6.04 Å². The molecule has 0 heterocycles. The Labute approximate surface area is 193 Å². The molecule has 0 amide bonds. The fraction of sp³-hybridized carbons (Fsp3) is 1.00. The maximum absolute atomic E-state index is 8.74. The fourth-order valence-electron chi connectivity index (χ4n) is 3.54. The maximum atomic E-state index is 8.74. The van der Waals surface area contributed by atoms with Crippen LogP contribution >= 0.6 is 0 Å². The van der Waals surface area contributed by atoms with Crippen LogP contribution in [0.25, 0.3) is 0 Å². The van der Waals surface area contributed by atoms with Gasteiger partial charge < -0.3 is 13.3 Å². The first kappa shape index (κ1) is 33.1. The van der Waals surface area contributed by atoms with Crippen molar-refractivity contribution in [2.24, 2.45) is 0 Å². The average molecular weight is 487 g/mol. The van der Waals surface area contributed by atoms with Gasteiger partial charge >= 0.3 is 19.2 Å². The van der Waals surface area contributed by atoms with Crippen molar-refractivity contribution in [3.63, 3.8) is 0 Å². The van der Waals surface area contributed by atoms with Crippen LogP contribution in [0.2, 0.25) is 6.04 Å². The maximum Gasteiger partial charge on any atom is 0.500 e. The van der Waals surface area contributed by atoms with Gasteiger partial charge in [0.05, 0.1) is 0 Å². The van der Waals surface area contributed by atoms with Gasteiger partial charge in [-0.1, -0.05) is 90.4 Å². The highest BCUT2D eigenvalue weighted by Gasteiger charge is 2.39. The highest BCUT2D eigenvalue weighted by molar-refractivity contribution is 7.79. The molecule has 0 bridgehead atoms. The molecule has 2 N–H and O–H groups in total. The van der Waals surface area contributed by atoms with Gasteiger partial charge in [-0.15, -0.1) is 0 Å². The van der Waals surface area contributed by atoms with Crippen LogP contribution in [0.3, 0.4) is 0 Å². The molecular formula is C22H50O7SSi. The standard InChI is InChI=1S/C22H48O3Si.H2O4S/c1-5-9-10-11-12-13-14-15-16-17-18-19-20-21-22-26(23-6-2,24-7-3)25-8-4;1-5(2,3)4/h5-22H2,1-4H3;(H2,1,2,3,4). The second-order valence-electron chi connectivity index (χ2n) is 7.78. The summed E-state index contributed by atoms with van der Waals surface area (Å²) in [5, 5.41) is 0. The molecule has 0 unspecified atom stereocenters. The van der Waals surface area contributed by atoms with Crippen LogP contribution in [-0.2, 0) is 23.7 Å². The highest BCUT2D eigenvalue weighted by atomic mass is 32.3. The van der Waals surface area contributed by atoms with Crippen LogP contribution in [0.15, 0.2) is 0 Å². The third-order valence-corrected chi connectivity index (χ3v) is 8.08. The van der Waals surface area contributed by atoms with Crippen LogP contribution < -0.4 is 0 Å². The van der Waals surface area contributed by atoms with Crippen LogP contribution in [0.1, 0.15) is 118 Å². The van der Waals surface area contributed by atoms with Crippen LogP contribution in [-0.4, -0.2) is 46.1 Å². The van der Waals surface area contributed by atoms with Crippen molar-refractivity contribution in [2.45, 2.75) is 124 Å². The van der Waals surface area contributed by atoms with E-state index in [1.807, 2.05) is 20.8 Å². The topological polar surface area (TPSA) is 102 Å². The molecule has 0 aromatic rings. The molecule has 0 saturated carbocycles. The molecule has 0 aromatic heterocycles. The Kier molecular flexibility index (Phi) is 24.7. The van der Waals surface area contributed by atoms with Gasteiger partial charge in [0.25, 0.3) is 0 Å². The van der Waals surface area contributed by atoms with Gasteiger partial charge in [-0.2, -0.15) is 8.42 Å². The zero-order valence-corrected chi connectivity index (χ0v) is 22.4. The SMILES string of the molecule is CCCCCCCCCCCCCCCC[Si](OCC)(OCC)OCC.O=S(=O)(O)O. The Balaban J connectivity index is 0. The zero-order valence-electron chi connectivity index (χ0n) is 20.6. The van der Waals surface area contributed by atoms with E-state index in [9.17, 15) is 0 Å². The van der Waals surface area contributed by atoms with E-state index < -0.39 is 19.2 Å². The van der Waals surface area contributed by atoms with Gasteiger partial charge in [0, 0.05) is 25.9 Å². The van der Waals surface area contributed by atoms with Gasteiger partial charge in [0.15, 0.2) is 0 Å². The lowest BCUT2D eigenvalue weighted by Crippen LogP contribution is -2.45. The minimum absolute atomic E-state index is 0.685. The molecule has 9 heteroatoms. The predicted molar refractivity (Wildman–Crippen MR) is 130 cm³/mol. The molecule has 0 aliphatic rings. The Morgan fingerprint density at radius 3 is 1.06 bits per heavy atom. The van der Waals surface area contributed by atoms with E-state index in [2.05, 4.69) is 6.92 Å². The summed E-state index contributed by atoms with van der Waals surface area (Å²) >= 11 is 0. The molecule has 31 heavy (non-hydrogen) atoms. The summed E-state index contributed by atoms with van der Waals surface area (Å²) < 4.78 is 49.3. The molecule has 0 aliphatic heterocycles. The van der Waals surface area contributed by atoms with E-state index in [1.54, 1.807) is 0 Å². The minimum Gasteiger partial charge on any atom is -0.374 e. The summed E-state index contributed by atoms with van der Waals surface area (Å²) in [6, 6.07) is 0.973. The normalized spacial score (nSPS) is 11.9. The van der Waals surface area contributed by atoms with Crippen LogP contribution in [0.5, 0.6) is 0 Å². The average Bonchev–Trinajstić information content (AvgIpc) is 2.67. The summed E-state index contributed by atoms with van der Waals surface area (Å²) in [6.45, 7) is 10.4. The molecule has 0 rings (SSSR count). The summed E-state index contributed by atoms with van der Waals surface area (Å²) in [6.07, 6.45) is 19.4. The third-order valence-electron chi connectivity index (χ3n) is 4.93. The molecule has 7 nitrogen and oxygen atoms in total. The van der Waals surface area contributed by atoms with Gasteiger partial charge in [-0.05, 0) is 27.2 Å². The first-order valence-electron chi connectivity index (χ1n) is 12.4. The van der Waals surface area contributed by atoms with E-state index in [4.69, 9.17) is 30.8 Å². The van der Waals surface area contributed by atoms with E-state index in [-0.39, 0.29) is 0 Å². The first-order chi connectivity index (χ1) is 14.7. The zero-order chi connectivity index (χ0) is 23.8. The number of hydrogen-bond donors (Lipinski definition) is 2. The van der Waals surface area contributed by atoms with Crippen LogP contribution in [0, 0.1) is 0 Å². The lowest BCUT2D eigenvalue weighted by atomic mass is 10.0. The predicted octanol–water partition coefficient (Wildman–Crippen LogP) is 6.86. The summed E-state index contributed by atoms with van der Waals surface area (Å²) in [5.41, 5.74) is 0. The number of rotatable bonds is 21. The number of hydrogen-bond acceptors (Lipinski definition) is 5. The molecule has 0 spiro atoms. The molecule has 0 fully saturated rings. The summed E-state index contributed by atoms with van der Waals surface area (Å²) in [5.74, 6) is 0. The van der Waals surface area contributed by atoms with Gasteiger partial charge in [-0.3, -0.25) is 9.11 Å². The number of unbranched alkanes of at least 4 members (excludes halogenated alkanes) is 13. The fourth-order valence-corrected chi connectivity index (χ4v) is 6.22. The summed E-state index contributed by atoms with van der Waals surface area (Å²) in [4.78, 5) is 0. The Morgan fingerprint density at radius 1 is 0.548 bits per heavy atom. The van der Waals surface area contributed by atoms with E-state index in [1.165, 1.54) is 89.9 Å². The quantitative estimate of drug-likeness (QED) is 0.104. The van der Waals surface area contributed by atoms with Gasteiger partial charge in [0.2, 0.25) is 0 Å². The molecule has 0 aromatic carbocycles. The Hall–Kier alpha value is -0.0331. The highest BCUT2D eigenvalue weighted by Crippen LogP contribution is 2.21. The monoisotopic (exact) mass is 486 g/mol. The largest absolute Gasteiger partial charge is 0.500 e. The molecule has 0 atom stereocenters. The second kappa shape index (κ2) is 23.1. The molecule has 0 saturated heterocycles. The second-order valence-corrected chi connectivity index (χ2v) is 11.4. The van der Waals surface area contributed by atoms with E-state index >= 15 is 0 Å². The molecule has 0 aliphatic carbocycles. The van der Waals surface area contributed by atoms with E-state index in [0.29, 0.717) is 19.8 Å². The molecule has 0 radical (unpaired) electrons. The van der Waals surface area contributed by atoms with Crippen molar-refractivity contribution in [2.75, 3.05) is 19.8 Å². The Morgan fingerprint density at radius 2 is 0.806 bits per heavy atom. The van der Waals surface area contributed by atoms with Crippen molar-refractivity contribution in [1.29, 1.82) is 0 Å². The Bertz CT molecular complexity index is 436. The van der Waals surface area contributed by atoms with Crippen molar-refractivity contribution in [3.8, 4) is 0 Å². The minimum atomic E-state index is -4.67. The molecule has 190 valence electrons. The van der Waals surface area contributed by atoms with Crippen molar-refractivity contribution < 1.29 is 30.8 Å². The van der Waals surface area contributed by atoms with Gasteiger partial charge in [-0.25, -0.2) is 0 Å². The summed E-state index contributed by atoms with van der Waals surface area (Å²) in [7, 11) is -7.06.